The molecule has 3 aromatic rings. The Kier molecular flexibility index (Phi) is 5.19. The third-order valence-electron chi connectivity index (χ3n) is 4.52. The lowest BCUT2D eigenvalue weighted by Gasteiger charge is -2.21. The summed E-state index contributed by atoms with van der Waals surface area (Å²) in [6.45, 7) is 0. The lowest BCUT2D eigenvalue weighted by atomic mass is 9.86. The highest BCUT2D eigenvalue weighted by molar-refractivity contribution is 5.68. The minimum Gasteiger partial charge on any atom is -0.396 e. The summed E-state index contributed by atoms with van der Waals surface area (Å²) in [6.07, 6.45) is 3.04. The molecular formula is C21H24N4. The van der Waals surface area contributed by atoms with Gasteiger partial charge in [-0.15, -0.1) is 0 Å². The average molecular weight is 332 g/mol. The van der Waals surface area contributed by atoms with Gasteiger partial charge in [0.15, 0.2) is 0 Å². The number of nitrogens with two attached hydrogens (primary N) is 3. The predicted molar refractivity (Wildman–Crippen MR) is 105 cm³/mol. The maximum Gasteiger partial charge on any atom is 0.149 e. The van der Waals surface area contributed by atoms with Gasteiger partial charge in [-0.1, -0.05) is 60.7 Å². The topological polar surface area (TPSA) is 91.0 Å². The van der Waals surface area contributed by atoms with Crippen LogP contribution in [0.4, 0.5) is 17.3 Å². The minimum absolute atomic E-state index is 0.150. The number of pyridine rings is 1. The standard InChI is InChI=1S/C21H24N4/c22-19-14-18(20(23)21(24)25-19)17(16-11-5-2-6-12-16)13-7-10-15-8-3-1-4-9-15/h1-6,8-9,11-12,14,17H,7,10,13,23H2,(H4,22,24,25). The number of anilines is 3. The van der Waals surface area contributed by atoms with Gasteiger partial charge in [0, 0.05) is 5.92 Å². The van der Waals surface area contributed by atoms with Gasteiger partial charge in [-0.05, 0) is 42.0 Å². The van der Waals surface area contributed by atoms with Crippen LogP contribution in [-0.2, 0) is 6.42 Å². The molecule has 0 amide bonds. The summed E-state index contributed by atoms with van der Waals surface area (Å²) < 4.78 is 0. The molecule has 0 saturated carbocycles. The first-order valence-corrected chi connectivity index (χ1v) is 8.55. The van der Waals surface area contributed by atoms with Crippen molar-refractivity contribution >= 4 is 17.3 Å². The average Bonchev–Trinajstić information content (AvgIpc) is 2.64. The highest BCUT2D eigenvalue weighted by Crippen LogP contribution is 2.36. The molecule has 0 aliphatic carbocycles. The maximum atomic E-state index is 6.23. The van der Waals surface area contributed by atoms with Crippen LogP contribution in [-0.4, -0.2) is 4.98 Å². The second-order valence-electron chi connectivity index (χ2n) is 6.28. The zero-order chi connectivity index (χ0) is 17.6. The fourth-order valence-electron chi connectivity index (χ4n) is 3.25. The molecule has 3 rings (SSSR count). The van der Waals surface area contributed by atoms with Crippen molar-refractivity contribution in [2.75, 3.05) is 17.2 Å². The first-order valence-electron chi connectivity index (χ1n) is 8.55. The quantitative estimate of drug-likeness (QED) is 0.636. The molecule has 2 aromatic carbocycles. The van der Waals surface area contributed by atoms with Crippen LogP contribution in [0.2, 0.25) is 0 Å². The van der Waals surface area contributed by atoms with Crippen LogP contribution in [0.3, 0.4) is 0 Å². The molecule has 25 heavy (non-hydrogen) atoms. The molecule has 4 nitrogen and oxygen atoms in total. The Balaban J connectivity index is 1.86. The van der Waals surface area contributed by atoms with Crippen molar-refractivity contribution < 1.29 is 0 Å². The molecule has 0 bridgehead atoms. The van der Waals surface area contributed by atoms with E-state index in [-0.39, 0.29) is 5.92 Å². The molecule has 1 heterocycles. The Morgan fingerprint density at radius 2 is 1.48 bits per heavy atom. The van der Waals surface area contributed by atoms with Gasteiger partial charge in [-0.25, -0.2) is 4.98 Å². The largest absolute Gasteiger partial charge is 0.396 e. The third-order valence-corrected chi connectivity index (χ3v) is 4.52. The normalized spacial score (nSPS) is 12.0. The SMILES string of the molecule is Nc1cc(C(CCCc2ccccc2)c2ccccc2)c(N)c(N)n1. The van der Waals surface area contributed by atoms with Crippen molar-refractivity contribution in [1.29, 1.82) is 0 Å². The van der Waals surface area contributed by atoms with E-state index >= 15 is 0 Å². The fraction of sp³-hybridized carbons (Fsp3) is 0.190. The molecule has 4 heteroatoms. The molecule has 0 spiro atoms. The molecule has 6 N–H and O–H groups in total. The molecule has 128 valence electrons. The van der Waals surface area contributed by atoms with E-state index in [0.29, 0.717) is 17.3 Å². The molecule has 1 unspecified atom stereocenters. The maximum absolute atomic E-state index is 6.23. The molecule has 0 aliphatic rings. The van der Waals surface area contributed by atoms with Crippen LogP contribution in [0.5, 0.6) is 0 Å². The molecular weight excluding hydrogens is 308 g/mol. The van der Waals surface area contributed by atoms with Crippen molar-refractivity contribution in [3.05, 3.63) is 83.4 Å². The second kappa shape index (κ2) is 7.71. The summed E-state index contributed by atoms with van der Waals surface area (Å²) in [4.78, 5) is 4.07. The summed E-state index contributed by atoms with van der Waals surface area (Å²) in [5.41, 5.74) is 22.1. The number of benzene rings is 2. The number of rotatable bonds is 6. The van der Waals surface area contributed by atoms with E-state index in [1.807, 2.05) is 30.3 Å². The van der Waals surface area contributed by atoms with E-state index < -0.39 is 0 Å². The zero-order valence-electron chi connectivity index (χ0n) is 14.2. The molecule has 0 radical (unpaired) electrons. The number of hydrogen-bond donors (Lipinski definition) is 3. The van der Waals surface area contributed by atoms with E-state index in [4.69, 9.17) is 17.2 Å². The van der Waals surface area contributed by atoms with E-state index in [1.54, 1.807) is 0 Å². The van der Waals surface area contributed by atoms with Crippen molar-refractivity contribution in [3.8, 4) is 0 Å². The van der Waals surface area contributed by atoms with Gasteiger partial charge in [-0.2, -0.15) is 0 Å². The summed E-state index contributed by atoms with van der Waals surface area (Å²) in [7, 11) is 0. The first-order chi connectivity index (χ1) is 12.1. The number of aryl methyl sites for hydroxylation is 1. The van der Waals surface area contributed by atoms with Gasteiger partial charge in [-0.3, -0.25) is 0 Å². The number of nitrogens with zero attached hydrogens (tertiary/aromatic N) is 1. The summed E-state index contributed by atoms with van der Waals surface area (Å²) in [5.74, 6) is 0.863. The van der Waals surface area contributed by atoms with E-state index in [0.717, 1.165) is 24.8 Å². The third kappa shape index (κ3) is 4.10. The lowest BCUT2D eigenvalue weighted by Crippen LogP contribution is -2.10. The van der Waals surface area contributed by atoms with Gasteiger partial charge in [0.25, 0.3) is 0 Å². The number of nitrogen functional groups attached to an aromatic ring is 3. The second-order valence-corrected chi connectivity index (χ2v) is 6.28. The van der Waals surface area contributed by atoms with Crippen LogP contribution in [0, 0.1) is 0 Å². The Labute approximate surface area is 148 Å². The smallest absolute Gasteiger partial charge is 0.149 e. The minimum atomic E-state index is 0.150. The van der Waals surface area contributed by atoms with Gasteiger partial charge in [0.1, 0.15) is 11.6 Å². The summed E-state index contributed by atoms with van der Waals surface area (Å²) in [6, 6.07) is 22.7. The van der Waals surface area contributed by atoms with E-state index in [2.05, 4.69) is 41.4 Å². The predicted octanol–water partition coefficient (Wildman–Crippen LogP) is 3.98. The van der Waals surface area contributed by atoms with Crippen LogP contribution in [0.25, 0.3) is 0 Å². The highest BCUT2D eigenvalue weighted by atomic mass is 14.9. The lowest BCUT2D eigenvalue weighted by molar-refractivity contribution is 0.662. The Hall–Kier alpha value is -3.01. The summed E-state index contributed by atoms with van der Waals surface area (Å²) >= 11 is 0. The van der Waals surface area contributed by atoms with Crippen molar-refractivity contribution in [2.24, 2.45) is 0 Å². The van der Waals surface area contributed by atoms with Crippen LogP contribution >= 0.6 is 0 Å². The fourth-order valence-corrected chi connectivity index (χ4v) is 3.25. The van der Waals surface area contributed by atoms with Crippen LogP contribution in [0.1, 0.15) is 35.4 Å². The van der Waals surface area contributed by atoms with E-state index in [1.165, 1.54) is 11.1 Å². The van der Waals surface area contributed by atoms with Crippen molar-refractivity contribution in [1.82, 2.24) is 4.98 Å². The monoisotopic (exact) mass is 332 g/mol. The Morgan fingerprint density at radius 3 is 2.16 bits per heavy atom. The zero-order valence-corrected chi connectivity index (χ0v) is 14.2. The van der Waals surface area contributed by atoms with Gasteiger partial charge in [0.05, 0.1) is 5.69 Å². The summed E-state index contributed by atoms with van der Waals surface area (Å²) in [5, 5.41) is 0. The first kappa shape index (κ1) is 16.8. The highest BCUT2D eigenvalue weighted by Gasteiger charge is 2.19. The number of hydrogen-bond acceptors (Lipinski definition) is 4. The van der Waals surface area contributed by atoms with Crippen LogP contribution in [0.15, 0.2) is 66.7 Å². The Bertz CT molecular complexity index is 816. The molecule has 0 fully saturated rings. The molecule has 0 saturated heterocycles. The molecule has 0 aliphatic heterocycles. The van der Waals surface area contributed by atoms with Gasteiger partial charge >= 0.3 is 0 Å². The van der Waals surface area contributed by atoms with Crippen molar-refractivity contribution in [2.45, 2.75) is 25.2 Å². The van der Waals surface area contributed by atoms with Crippen molar-refractivity contribution in [3.63, 3.8) is 0 Å². The van der Waals surface area contributed by atoms with E-state index in [9.17, 15) is 0 Å². The van der Waals surface area contributed by atoms with Gasteiger partial charge in [0.2, 0.25) is 0 Å². The van der Waals surface area contributed by atoms with Crippen LogP contribution < -0.4 is 17.2 Å². The number of aromatic nitrogens is 1. The Morgan fingerprint density at radius 1 is 0.840 bits per heavy atom. The molecule has 1 aromatic heterocycles. The van der Waals surface area contributed by atoms with Gasteiger partial charge < -0.3 is 17.2 Å². The molecule has 1 atom stereocenters.